The minimum Gasteiger partial charge on any atom is -0.447 e. The first-order valence-corrected chi connectivity index (χ1v) is 9.34. The minimum absolute atomic E-state index is 0.0414. The molecule has 9 heteroatoms. The highest BCUT2D eigenvalue weighted by atomic mass is 19.1. The van der Waals surface area contributed by atoms with Gasteiger partial charge in [-0.2, -0.15) is 0 Å². The van der Waals surface area contributed by atoms with Crippen LogP contribution in [0.1, 0.15) is 31.2 Å². The van der Waals surface area contributed by atoms with E-state index in [0.29, 0.717) is 5.56 Å². The molecule has 0 spiro atoms. The van der Waals surface area contributed by atoms with Gasteiger partial charge in [-0.05, 0) is 55.9 Å². The highest BCUT2D eigenvalue weighted by molar-refractivity contribution is 6.43. The molecule has 2 heterocycles. The van der Waals surface area contributed by atoms with Crippen LogP contribution in [0.25, 0.3) is 0 Å². The van der Waals surface area contributed by atoms with E-state index in [-0.39, 0.29) is 25.0 Å². The molecular formula is C19H24BFN2O5. The van der Waals surface area contributed by atoms with E-state index in [9.17, 15) is 24.0 Å². The van der Waals surface area contributed by atoms with Gasteiger partial charge in [0.25, 0.3) is 0 Å². The Hall–Kier alpha value is -2.39. The summed E-state index contributed by atoms with van der Waals surface area (Å²) in [6, 6.07) is 5.69. The van der Waals surface area contributed by atoms with Crippen LogP contribution in [0.3, 0.4) is 0 Å². The van der Waals surface area contributed by atoms with Gasteiger partial charge >= 0.3 is 13.2 Å². The number of benzene rings is 1. The maximum absolute atomic E-state index is 13.0. The lowest BCUT2D eigenvalue weighted by Gasteiger charge is -2.33. The van der Waals surface area contributed by atoms with Crippen molar-refractivity contribution in [1.82, 2.24) is 10.2 Å². The van der Waals surface area contributed by atoms with E-state index in [1.54, 1.807) is 4.90 Å². The second kappa shape index (κ2) is 8.32. The number of carbonyl (C=O) groups is 2. The first-order valence-electron chi connectivity index (χ1n) is 9.34. The van der Waals surface area contributed by atoms with Crippen LogP contribution in [0.5, 0.6) is 0 Å². The average Bonchev–Trinajstić information content (AvgIpc) is 3.22. The third-order valence-corrected chi connectivity index (χ3v) is 5.68. The molecule has 3 N–H and O–H groups in total. The van der Waals surface area contributed by atoms with E-state index in [2.05, 4.69) is 11.9 Å². The van der Waals surface area contributed by atoms with Crippen LogP contribution in [0, 0.1) is 5.82 Å². The maximum Gasteiger partial charge on any atom is 0.475 e. The molecule has 1 aromatic rings. The predicted octanol–water partition coefficient (Wildman–Crippen LogP) is 1.18. The quantitative estimate of drug-likeness (QED) is 0.480. The minimum atomic E-state index is -1.81. The molecule has 2 saturated heterocycles. The fourth-order valence-electron chi connectivity index (χ4n) is 4.25. The summed E-state index contributed by atoms with van der Waals surface area (Å²) in [7, 11) is -1.81. The van der Waals surface area contributed by atoms with Crippen molar-refractivity contribution in [3.05, 3.63) is 48.3 Å². The van der Waals surface area contributed by atoms with Crippen LogP contribution in [-0.2, 0) is 16.0 Å². The molecule has 150 valence electrons. The summed E-state index contributed by atoms with van der Waals surface area (Å²) < 4.78 is 18.4. The lowest BCUT2D eigenvalue weighted by atomic mass is 9.76. The van der Waals surface area contributed by atoms with Crippen LogP contribution in [0.15, 0.2) is 36.9 Å². The lowest BCUT2D eigenvalue weighted by molar-refractivity contribution is -0.131. The van der Waals surface area contributed by atoms with Gasteiger partial charge < -0.3 is 25.0 Å². The number of carbonyl (C=O) groups excluding carboxylic acids is 2. The Morgan fingerprint density at radius 2 is 2.00 bits per heavy atom. The number of amides is 2. The number of hydrogen-bond donors (Lipinski definition) is 3. The lowest BCUT2D eigenvalue weighted by Crippen LogP contribution is -2.51. The Morgan fingerprint density at radius 1 is 1.36 bits per heavy atom. The van der Waals surface area contributed by atoms with E-state index in [1.807, 2.05) is 0 Å². The Morgan fingerprint density at radius 3 is 2.57 bits per heavy atom. The summed E-state index contributed by atoms with van der Waals surface area (Å²) in [5, 5.41) is 21.5. The Bertz CT molecular complexity index is 734. The Kier molecular flexibility index (Phi) is 6.05. The van der Waals surface area contributed by atoms with Gasteiger partial charge in [0, 0.05) is 6.04 Å². The van der Waals surface area contributed by atoms with E-state index in [1.165, 1.54) is 30.3 Å². The van der Waals surface area contributed by atoms with Gasteiger partial charge in [0.05, 0.1) is 11.5 Å². The van der Waals surface area contributed by atoms with E-state index in [4.69, 9.17) is 4.74 Å². The SMILES string of the molecule is C=CC(=O)N1C2CCC1(COC(=O)N[C@@H](Cc1ccc(F)cc1)B(O)O)CC2. The smallest absolute Gasteiger partial charge is 0.447 e. The molecule has 2 aliphatic heterocycles. The second-order valence-electron chi connectivity index (χ2n) is 7.44. The molecule has 1 atom stereocenters. The number of rotatable bonds is 7. The molecular weight excluding hydrogens is 366 g/mol. The largest absolute Gasteiger partial charge is 0.475 e. The molecule has 28 heavy (non-hydrogen) atoms. The van der Waals surface area contributed by atoms with Gasteiger partial charge in [-0.25, -0.2) is 9.18 Å². The number of nitrogens with zero attached hydrogens (tertiary/aromatic N) is 1. The van der Waals surface area contributed by atoms with Crippen LogP contribution in [0.2, 0.25) is 0 Å². The summed E-state index contributed by atoms with van der Waals surface area (Å²) >= 11 is 0. The molecule has 0 aromatic heterocycles. The van der Waals surface area contributed by atoms with Crippen molar-refractivity contribution in [3.63, 3.8) is 0 Å². The van der Waals surface area contributed by atoms with Crippen molar-refractivity contribution in [2.45, 2.75) is 49.6 Å². The second-order valence-corrected chi connectivity index (χ2v) is 7.44. The fourth-order valence-corrected chi connectivity index (χ4v) is 4.25. The summed E-state index contributed by atoms with van der Waals surface area (Å²) in [5.41, 5.74) is 0.118. The van der Waals surface area contributed by atoms with Gasteiger partial charge in [0.15, 0.2) is 0 Å². The van der Waals surface area contributed by atoms with Crippen LogP contribution < -0.4 is 5.32 Å². The van der Waals surface area contributed by atoms with E-state index < -0.39 is 30.5 Å². The summed E-state index contributed by atoms with van der Waals surface area (Å²) in [4.78, 5) is 26.2. The van der Waals surface area contributed by atoms with E-state index >= 15 is 0 Å². The normalized spacial score (nSPS) is 24.0. The zero-order valence-corrected chi connectivity index (χ0v) is 15.5. The van der Waals surface area contributed by atoms with Crippen molar-refractivity contribution in [2.75, 3.05) is 6.61 Å². The van der Waals surface area contributed by atoms with Gasteiger partial charge in [0.1, 0.15) is 12.4 Å². The third kappa shape index (κ3) is 4.20. The molecule has 3 rings (SSSR count). The molecule has 0 aliphatic carbocycles. The summed E-state index contributed by atoms with van der Waals surface area (Å²) in [6.45, 7) is 3.58. The average molecular weight is 390 g/mol. The Balaban J connectivity index is 1.58. The van der Waals surface area contributed by atoms with Crippen molar-refractivity contribution in [2.24, 2.45) is 0 Å². The van der Waals surface area contributed by atoms with Crippen LogP contribution >= 0.6 is 0 Å². The van der Waals surface area contributed by atoms with Crippen LogP contribution in [-0.4, -0.2) is 58.2 Å². The Labute approximate surface area is 163 Å². The molecule has 0 unspecified atom stereocenters. The molecule has 7 nitrogen and oxygen atoms in total. The first-order chi connectivity index (χ1) is 13.3. The zero-order chi connectivity index (χ0) is 20.3. The summed E-state index contributed by atoms with van der Waals surface area (Å²) in [6.07, 6.45) is 3.83. The molecule has 0 saturated carbocycles. The predicted molar refractivity (Wildman–Crippen MR) is 101 cm³/mol. The molecule has 0 radical (unpaired) electrons. The van der Waals surface area contributed by atoms with Gasteiger partial charge in [0.2, 0.25) is 5.91 Å². The van der Waals surface area contributed by atoms with Gasteiger partial charge in [-0.1, -0.05) is 18.7 Å². The van der Waals surface area contributed by atoms with Gasteiger partial charge in [-0.15, -0.1) is 0 Å². The number of ether oxygens (including phenoxy) is 1. The standard InChI is InChI=1S/C19H24BFN2O5/c1-2-17(24)23-15-7-9-19(23,10-8-15)12-28-18(25)22-16(20(26)27)11-13-3-5-14(21)6-4-13/h2-6,15-16,26-27H,1,7-12H2,(H,22,25)/t15?,16-,19?/m0/s1. The fraction of sp³-hybridized carbons (Fsp3) is 0.474. The topological polar surface area (TPSA) is 99.1 Å². The monoisotopic (exact) mass is 390 g/mol. The van der Waals surface area contributed by atoms with Gasteiger partial charge in [-0.3, -0.25) is 4.79 Å². The summed E-state index contributed by atoms with van der Waals surface area (Å²) in [5.74, 6) is -1.58. The van der Waals surface area contributed by atoms with Crippen molar-refractivity contribution >= 4 is 19.1 Å². The molecule has 2 aliphatic rings. The zero-order valence-electron chi connectivity index (χ0n) is 15.5. The number of nitrogens with one attached hydrogen (secondary N) is 1. The van der Waals surface area contributed by atoms with E-state index in [0.717, 1.165) is 25.7 Å². The number of halogens is 1. The highest BCUT2D eigenvalue weighted by Gasteiger charge is 2.54. The maximum atomic E-state index is 13.0. The molecule has 2 bridgehead atoms. The molecule has 2 amide bonds. The number of alkyl carbamates (subject to hydrolysis) is 1. The highest BCUT2D eigenvalue weighted by Crippen LogP contribution is 2.46. The van der Waals surface area contributed by atoms with Crippen molar-refractivity contribution in [3.8, 4) is 0 Å². The van der Waals surface area contributed by atoms with Crippen molar-refractivity contribution in [1.29, 1.82) is 0 Å². The molecule has 2 fully saturated rings. The third-order valence-electron chi connectivity index (χ3n) is 5.68. The van der Waals surface area contributed by atoms with Crippen molar-refractivity contribution < 1.29 is 28.8 Å². The number of fused-ring (bicyclic) bond motifs is 2. The molecule has 1 aromatic carbocycles. The number of hydrogen-bond acceptors (Lipinski definition) is 5. The van der Waals surface area contributed by atoms with Crippen LogP contribution in [0.4, 0.5) is 9.18 Å². The first kappa shape index (κ1) is 20.4.